The van der Waals surface area contributed by atoms with E-state index >= 15 is 0 Å². The Bertz CT molecular complexity index is 758. The van der Waals surface area contributed by atoms with E-state index < -0.39 is 15.8 Å². The number of hydrogen-bond donors (Lipinski definition) is 1. The van der Waals surface area contributed by atoms with Gasteiger partial charge in [-0.1, -0.05) is 11.6 Å². The minimum atomic E-state index is -3.56. The van der Waals surface area contributed by atoms with Gasteiger partial charge in [0, 0.05) is 11.8 Å². The minimum Gasteiger partial charge on any atom is -0.478 e. The molecule has 1 N–H and O–H groups in total. The lowest BCUT2D eigenvalue weighted by molar-refractivity contribution is 0.0697. The maximum atomic E-state index is 11.7. The number of benzene rings is 1. The lowest BCUT2D eigenvalue weighted by Crippen LogP contribution is -2.11. The SMILES string of the molecule is CS(=O)(=O)c1ccc(C(=O)O)c(Cl)c1Cn1cnnn1. The number of nitrogens with zero attached hydrogens (tertiary/aromatic N) is 4. The Balaban J connectivity index is 2.65. The zero-order valence-electron chi connectivity index (χ0n) is 10.2. The molecule has 0 atom stereocenters. The molecule has 1 heterocycles. The predicted octanol–water partition coefficient (Wildman–Crippen LogP) is 0.477. The molecule has 0 aliphatic rings. The molecule has 0 unspecified atom stereocenters. The minimum absolute atomic E-state index is 0.0463. The first-order valence-electron chi connectivity index (χ1n) is 5.26. The van der Waals surface area contributed by atoms with Crippen LogP contribution in [0.25, 0.3) is 0 Å². The van der Waals surface area contributed by atoms with Gasteiger partial charge in [-0.3, -0.25) is 0 Å². The molecule has 1 aromatic heterocycles. The topological polar surface area (TPSA) is 115 Å². The number of aromatic carboxylic acids is 1. The second-order valence-electron chi connectivity index (χ2n) is 3.99. The second kappa shape index (κ2) is 5.17. The van der Waals surface area contributed by atoms with Crippen LogP contribution in [0.1, 0.15) is 15.9 Å². The average molecular weight is 317 g/mol. The summed E-state index contributed by atoms with van der Waals surface area (Å²) in [6, 6.07) is 2.37. The van der Waals surface area contributed by atoms with Crippen LogP contribution in [0.3, 0.4) is 0 Å². The molecule has 2 aromatic rings. The number of carboxylic acids is 1. The molecular formula is C10H9ClN4O4S. The number of hydrogen-bond acceptors (Lipinski definition) is 6. The van der Waals surface area contributed by atoms with Crippen LogP contribution in [0.15, 0.2) is 23.4 Å². The van der Waals surface area contributed by atoms with Crippen LogP contribution < -0.4 is 0 Å². The summed E-state index contributed by atoms with van der Waals surface area (Å²) in [4.78, 5) is 11.0. The summed E-state index contributed by atoms with van der Waals surface area (Å²) in [6.07, 6.45) is 2.29. The lowest BCUT2D eigenvalue weighted by Gasteiger charge is -2.11. The van der Waals surface area contributed by atoms with Gasteiger partial charge >= 0.3 is 5.97 Å². The highest BCUT2D eigenvalue weighted by Gasteiger charge is 2.21. The zero-order chi connectivity index (χ0) is 14.9. The van der Waals surface area contributed by atoms with Crippen LogP contribution in [0, 0.1) is 0 Å². The van der Waals surface area contributed by atoms with E-state index in [4.69, 9.17) is 16.7 Å². The van der Waals surface area contributed by atoms with E-state index in [9.17, 15) is 13.2 Å². The van der Waals surface area contributed by atoms with Gasteiger partial charge < -0.3 is 5.11 Å². The van der Waals surface area contributed by atoms with Crippen molar-refractivity contribution in [1.29, 1.82) is 0 Å². The van der Waals surface area contributed by atoms with Gasteiger partial charge in [0.25, 0.3) is 0 Å². The van der Waals surface area contributed by atoms with Crippen molar-refractivity contribution in [3.63, 3.8) is 0 Å². The molecule has 0 aliphatic carbocycles. The third-order valence-corrected chi connectivity index (χ3v) is 4.15. The summed E-state index contributed by atoms with van der Waals surface area (Å²) in [5.41, 5.74) is -0.0384. The number of halogens is 1. The Morgan fingerprint density at radius 2 is 2.15 bits per heavy atom. The summed E-state index contributed by atoms with van der Waals surface area (Å²) in [5.74, 6) is -1.24. The van der Waals surface area contributed by atoms with E-state index in [1.807, 2.05) is 0 Å². The van der Waals surface area contributed by atoms with Crippen LogP contribution in [0.4, 0.5) is 0 Å². The van der Waals surface area contributed by atoms with Crippen molar-refractivity contribution < 1.29 is 18.3 Å². The van der Waals surface area contributed by atoms with E-state index in [0.717, 1.165) is 12.3 Å². The molecule has 0 amide bonds. The molecule has 2 rings (SSSR count). The van der Waals surface area contributed by atoms with E-state index in [1.54, 1.807) is 0 Å². The predicted molar refractivity (Wildman–Crippen MR) is 68.4 cm³/mol. The molecule has 106 valence electrons. The summed E-state index contributed by atoms with van der Waals surface area (Å²) in [6.45, 7) is -0.0463. The zero-order valence-corrected chi connectivity index (χ0v) is 11.8. The van der Waals surface area contributed by atoms with Gasteiger partial charge in [-0.25, -0.2) is 17.9 Å². The summed E-state index contributed by atoms with van der Waals surface area (Å²) in [7, 11) is -3.56. The van der Waals surface area contributed by atoms with E-state index in [1.165, 1.54) is 17.1 Å². The number of tetrazole rings is 1. The third-order valence-electron chi connectivity index (χ3n) is 2.54. The highest BCUT2D eigenvalue weighted by atomic mass is 35.5. The number of sulfone groups is 1. The fourth-order valence-corrected chi connectivity index (χ4v) is 2.97. The summed E-state index contributed by atoms with van der Waals surface area (Å²) in [5, 5.41) is 19.3. The van der Waals surface area contributed by atoms with Gasteiger partial charge in [0.1, 0.15) is 6.33 Å². The molecule has 0 bridgehead atoms. The van der Waals surface area contributed by atoms with Gasteiger partial charge in [0.15, 0.2) is 9.84 Å². The molecule has 0 saturated heterocycles. The van der Waals surface area contributed by atoms with Gasteiger partial charge in [-0.2, -0.15) is 0 Å². The maximum Gasteiger partial charge on any atom is 0.337 e. The molecule has 20 heavy (non-hydrogen) atoms. The molecule has 10 heteroatoms. The molecule has 1 aromatic carbocycles. The molecule has 0 fully saturated rings. The van der Waals surface area contributed by atoms with Crippen molar-refractivity contribution in [2.75, 3.05) is 6.26 Å². The average Bonchev–Trinajstić information content (AvgIpc) is 2.82. The number of rotatable bonds is 4. The van der Waals surface area contributed by atoms with Crippen molar-refractivity contribution in [3.8, 4) is 0 Å². The van der Waals surface area contributed by atoms with Crippen LogP contribution >= 0.6 is 11.6 Å². The maximum absolute atomic E-state index is 11.7. The van der Waals surface area contributed by atoms with Gasteiger partial charge in [0.2, 0.25) is 0 Å². The van der Waals surface area contributed by atoms with Crippen molar-refractivity contribution in [3.05, 3.63) is 34.6 Å². The number of carbonyl (C=O) groups is 1. The summed E-state index contributed by atoms with van der Waals surface area (Å²) < 4.78 is 24.7. The first kappa shape index (κ1) is 14.4. The largest absolute Gasteiger partial charge is 0.478 e. The van der Waals surface area contributed by atoms with Crippen LogP contribution in [-0.4, -0.2) is 46.0 Å². The molecule has 0 radical (unpaired) electrons. The molecule has 0 saturated carbocycles. The van der Waals surface area contributed by atoms with Gasteiger partial charge in [-0.05, 0) is 22.6 Å². The van der Waals surface area contributed by atoms with E-state index in [-0.39, 0.29) is 27.6 Å². The fourth-order valence-electron chi connectivity index (χ4n) is 1.68. The van der Waals surface area contributed by atoms with Crippen molar-refractivity contribution >= 4 is 27.4 Å². The van der Waals surface area contributed by atoms with Crippen molar-refractivity contribution in [2.24, 2.45) is 0 Å². The quantitative estimate of drug-likeness (QED) is 0.872. The Labute approximate surface area is 118 Å². The van der Waals surface area contributed by atoms with Gasteiger partial charge in [0.05, 0.1) is 22.0 Å². The smallest absolute Gasteiger partial charge is 0.337 e. The van der Waals surface area contributed by atoms with Gasteiger partial charge in [-0.15, -0.1) is 5.10 Å². The Morgan fingerprint density at radius 1 is 1.45 bits per heavy atom. The van der Waals surface area contributed by atoms with Crippen LogP contribution in [0.2, 0.25) is 5.02 Å². The second-order valence-corrected chi connectivity index (χ2v) is 6.35. The molecule has 0 spiro atoms. The lowest BCUT2D eigenvalue weighted by atomic mass is 10.1. The van der Waals surface area contributed by atoms with Crippen LogP contribution in [-0.2, 0) is 16.4 Å². The number of aromatic nitrogens is 4. The third kappa shape index (κ3) is 2.78. The number of carboxylic acid groups (broad SMARTS) is 1. The highest BCUT2D eigenvalue weighted by molar-refractivity contribution is 7.90. The van der Waals surface area contributed by atoms with Crippen molar-refractivity contribution in [1.82, 2.24) is 20.2 Å². The first-order chi connectivity index (χ1) is 9.30. The fraction of sp³-hybridized carbons (Fsp3) is 0.200. The monoisotopic (exact) mass is 316 g/mol. The Hall–Kier alpha value is -2.00. The Morgan fingerprint density at radius 3 is 2.65 bits per heavy atom. The van der Waals surface area contributed by atoms with E-state index in [0.29, 0.717) is 0 Å². The molecular weight excluding hydrogens is 308 g/mol. The van der Waals surface area contributed by atoms with Crippen LogP contribution in [0.5, 0.6) is 0 Å². The normalized spacial score (nSPS) is 11.5. The molecule has 0 aliphatic heterocycles. The van der Waals surface area contributed by atoms with Crippen molar-refractivity contribution in [2.45, 2.75) is 11.4 Å². The molecule has 8 nitrogen and oxygen atoms in total. The van der Waals surface area contributed by atoms with E-state index in [2.05, 4.69) is 15.5 Å². The Kier molecular flexibility index (Phi) is 3.73. The summed E-state index contributed by atoms with van der Waals surface area (Å²) >= 11 is 6.00. The standard InChI is InChI=1S/C10H9ClN4O4S/c1-20(18,19)8-3-2-6(10(16)17)9(11)7(8)4-15-5-12-13-14-15/h2-3,5H,4H2,1H3,(H,16,17). The highest BCUT2D eigenvalue weighted by Crippen LogP contribution is 2.28. The first-order valence-corrected chi connectivity index (χ1v) is 7.53.